The highest BCUT2D eigenvalue weighted by molar-refractivity contribution is 5.78. The van der Waals surface area contributed by atoms with Gasteiger partial charge in [0.1, 0.15) is 18.5 Å². The number of carbonyl (C=O) groups excluding carboxylic acids is 1. The number of nitrogens with zero attached hydrogens (tertiary/aromatic N) is 1. The molecule has 0 spiro atoms. The molecular weight excluding hydrogens is 351 g/mol. The van der Waals surface area contributed by atoms with Crippen LogP contribution in [0.1, 0.15) is 32.6 Å². The van der Waals surface area contributed by atoms with Crippen molar-refractivity contribution in [1.82, 2.24) is 31.5 Å². The highest BCUT2D eigenvalue weighted by Crippen LogP contribution is 2.32. The molecule has 9 atom stereocenters. The van der Waals surface area contributed by atoms with E-state index in [1.165, 1.54) is 0 Å². The lowest BCUT2D eigenvalue weighted by molar-refractivity contribution is -0.0838. The average molecular weight is 382 g/mol. The minimum absolute atomic E-state index is 0.0865. The first-order valence-electron chi connectivity index (χ1n) is 10.5. The van der Waals surface area contributed by atoms with Gasteiger partial charge in [0.15, 0.2) is 0 Å². The van der Waals surface area contributed by atoms with E-state index in [0.29, 0.717) is 6.42 Å². The van der Waals surface area contributed by atoms with Gasteiger partial charge in [0.05, 0.1) is 18.2 Å². The van der Waals surface area contributed by atoms with Crippen molar-refractivity contribution >= 4 is 6.03 Å². The smallest absolute Gasteiger partial charge is 0.320 e. The van der Waals surface area contributed by atoms with Crippen LogP contribution in [0, 0.1) is 0 Å². The summed E-state index contributed by atoms with van der Waals surface area (Å²) < 4.78 is 21.6. The second-order valence-corrected chi connectivity index (χ2v) is 8.64. The van der Waals surface area contributed by atoms with E-state index < -0.39 is 12.3 Å². The number of alkyl halides is 1. The topological polar surface area (TPSA) is 89.7 Å². The van der Waals surface area contributed by atoms with Gasteiger partial charge in [0.2, 0.25) is 0 Å². The van der Waals surface area contributed by atoms with Crippen molar-refractivity contribution in [2.24, 2.45) is 0 Å². The summed E-state index contributed by atoms with van der Waals surface area (Å²) in [5, 5.41) is 17.0. The van der Waals surface area contributed by atoms with Crippen molar-refractivity contribution in [2.45, 2.75) is 87.5 Å². The minimum Gasteiger partial charge on any atom is -0.373 e. The van der Waals surface area contributed by atoms with Crippen LogP contribution in [0.4, 0.5) is 9.18 Å². The van der Waals surface area contributed by atoms with Gasteiger partial charge in [-0.3, -0.25) is 15.5 Å². The van der Waals surface area contributed by atoms with Gasteiger partial charge in [-0.25, -0.2) is 9.18 Å². The number of amides is 2. The summed E-state index contributed by atoms with van der Waals surface area (Å²) in [6.07, 6.45) is 1.28. The Morgan fingerprint density at radius 3 is 2.74 bits per heavy atom. The molecule has 8 nitrogen and oxygen atoms in total. The normalized spacial score (nSPS) is 50.2. The molecule has 0 aromatic carbocycles. The fraction of sp³-hybridized carbons (Fsp3) is 0.944. The summed E-state index contributed by atoms with van der Waals surface area (Å²) in [5.41, 5.74) is 0. The predicted octanol–water partition coefficient (Wildman–Crippen LogP) is -0.777. The van der Waals surface area contributed by atoms with E-state index in [-0.39, 0.29) is 48.6 Å². The fourth-order valence-electron chi connectivity index (χ4n) is 5.64. The van der Waals surface area contributed by atoms with Crippen LogP contribution in [0.2, 0.25) is 0 Å². The van der Waals surface area contributed by atoms with Gasteiger partial charge in [0.25, 0.3) is 0 Å². The van der Waals surface area contributed by atoms with E-state index in [9.17, 15) is 4.79 Å². The van der Waals surface area contributed by atoms with Crippen molar-refractivity contribution in [2.75, 3.05) is 19.6 Å². The Balaban J connectivity index is 1.49. The molecule has 5 saturated heterocycles. The molecule has 27 heavy (non-hydrogen) atoms. The first kappa shape index (κ1) is 18.1. The molecule has 5 N–H and O–H groups in total. The Morgan fingerprint density at radius 2 is 1.85 bits per heavy atom. The number of carbonyl (C=O) groups is 1. The summed E-state index contributed by atoms with van der Waals surface area (Å²) in [5.74, 6) is 0. The highest BCUT2D eigenvalue weighted by atomic mass is 19.1. The predicted molar refractivity (Wildman–Crippen MR) is 97.9 cm³/mol. The summed E-state index contributed by atoms with van der Waals surface area (Å²) in [6, 6.07) is 0.0988. The van der Waals surface area contributed by atoms with E-state index in [4.69, 9.17) is 4.74 Å². The lowest BCUT2D eigenvalue weighted by Crippen LogP contribution is -2.74. The van der Waals surface area contributed by atoms with Gasteiger partial charge in [-0.2, -0.15) is 0 Å². The van der Waals surface area contributed by atoms with Gasteiger partial charge < -0.3 is 20.7 Å². The zero-order chi connectivity index (χ0) is 18.5. The van der Waals surface area contributed by atoms with Crippen molar-refractivity contribution < 1.29 is 13.9 Å². The largest absolute Gasteiger partial charge is 0.373 e. The SMILES string of the molecule is C[C@H]1CCNC2CCNC3CC(F)C(NC23)N2C(=O)NC3NCCC(O1)C32. The number of fused-ring (bicyclic) bond motifs is 2. The Morgan fingerprint density at radius 1 is 1.07 bits per heavy atom. The first-order chi connectivity index (χ1) is 13.1. The zero-order valence-corrected chi connectivity index (χ0v) is 15.8. The van der Waals surface area contributed by atoms with Crippen LogP contribution in [0.3, 0.4) is 0 Å². The average Bonchev–Trinajstić information content (AvgIpc) is 2.97. The second kappa shape index (κ2) is 7.11. The molecule has 0 radical (unpaired) electrons. The number of halogens is 1. The molecule has 5 fully saturated rings. The maximum absolute atomic E-state index is 15.2. The number of urea groups is 1. The quantitative estimate of drug-likeness (QED) is 0.378. The molecular formula is C18H31FN6O2. The van der Waals surface area contributed by atoms with Gasteiger partial charge in [-0.05, 0) is 52.2 Å². The molecule has 2 bridgehead atoms. The third-order valence-corrected chi connectivity index (χ3v) is 6.93. The van der Waals surface area contributed by atoms with Crippen LogP contribution in [0.15, 0.2) is 0 Å². The van der Waals surface area contributed by atoms with Crippen molar-refractivity contribution in [3.05, 3.63) is 0 Å². The lowest BCUT2D eigenvalue weighted by atomic mass is 9.84. The lowest BCUT2D eigenvalue weighted by Gasteiger charge is -2.51. The number of nitrogens with one attached hydrogen (secondary N) is 5. The fourth-order valence-corrected chi connectivity index (χ4v) is 5.64. The van der Waals surface area contributed by atoms with E-state index in [2.05, 4.69) is 33.5 Å². The molecule has 0 saturated carbocycles. The Hall–Kier alpha value is -1.00. The molecule has 5 rings (SSSR count). The van der Waals surface area contributed by atoms with Gasteiger partial charge in [-0.1, -0.05) is 0 Å². The third-order valence-electron chi connectivity index (χ3n) is 6.93. The van der Waals surface area contributed by atoms with Crippen molar-refractivity contribution in [1.29, 1.82) is 0 Å². The minimum atomic E-state index is -1.11. The molecule has 5 aliphatic heterocycles. The van der Waals surface area contributed by atoms with E-state index in [1.54, 1.807) is 4.90 Å². The number of rotatable bonds is 0. The molecule has 0 aliphatic carbocycles. The van der Waals surface area contributed by atoms with E-state index in [1.807, 2.05) is 0 Å². The van der Waals surface area contributed by atoms with Crippen molar-refractivity contribution in [3.63, 3.8) is 0 Å². The summed E-state index contributed by atoms with van der Waals surface area (Å²) in [4.78, 5) is 14.5. The third kappa shape index (κ3) is 3.13. The highest BCUT2D eigenvalue weighted by Gasteiger charge is 2.54. The van der Waals surface area contributed by atoms with Crippen LogP contribution < -0.4 is 26.6 Å². The van der Waals surface area contributed by atoms with E-state index in [0.717, 1.165) is 38.9 Å². The zero-order valence-electron chi connectivity index (χ0n) is 15.8. The molecule has 2 amide bonds. The molecule has 5 heterocycles. The van der Waals surface area contributed by atoms with Crippen LogP contribution in [-0.4, -0.2) is 85.4 Å². The Bertz CT molecular complexity index is 582. The Kier molecular flexibility index (Phi) is 4.76. The van der Waals surface area contributed by atoms with Crippen molar-refractivity contribution in [3.8, 4) is 0 Å². The second-order valence-electron chi connectivity index (χ2n) is 8.64. The summed E-state index contributed by atoms with van der Waals surface area (Å²) in [6.45, 7) is 4.67. The molecule has 0 aromatic heterocycles. The molecule has 5 aliphatic rings. The van der Waals surface area contributed by atoms with Gasteiger partial charge >= 0.3 is 6.03 Å². The number of piperidine rings is 3. The maximum Gasteiger partial charge on any atom is 0.320 e. The number of hydrogen-bond acceptors (Lipinski definition) is 6. The monoisotopic (exact) mass is 382 g/mol. The van der Waals surface area contributed by atoms with Crippen LogP contribution in [0.5, 0.6) is 0 Å². The van der Waals surface area contributed by atoms with Crippen LogP contribution in [0.25, 0.3) is 0 Å². The molecule has 8 unspecified atom stereocenters. The van der Waals surface area contributed by atoms with Crippen LogP contribution in [-0.2, 0) is 4.74 Å². The summed E-state index contributed by atoms with van der Waals surface area (Å²) in [7, 11) is 0. The summed E-state index contributed by atoms with van der Waals surface area (Å²) >= 11 is 0. The van der Waals surface area contributed by atoms with Crippen LogP contribution >= 0.6 is 0 Å². The number of hydrogen-bond donors (Lipinski definition) is 5. The van der Waals surface area contributed by atoms with E-state index >= 15 is 4.39 Å². The molecule has 9 heteroatoms. The first-order valence-corrected chi connectivity index (χ1v) is 10.5. The van der Waals surface area contributed by atoms with Gasteiger partial charge in [-0.15, -0.1) is 0 Å². The molecule has 152 valence electrons. The van der Waals surface area contributed by atoms with Gasteiger partial charge in [0, 0.05) is 18.1 Å². The maximum atomic E-state index is 15.2. The Labute approximate surface area is 159 Å². The standard InChI is InChI=1S/C18H31FN6O2/c1-9-2-5-20-11-3-6-21-12-8-10(19)17(23-14(11)12)25-15-13(27-9)4-7-22-16(15)24-18(25)26/h9-17,20-23H,2-8H2,1H3,(H,24,26)/t9-,10?,11?,12?,13?,14?,15?,16?,17?/m0/s1. The number of ether oxygens (including phenoxy) is 1. The molecule has 0 aromatic rings.